The molecule has 68 valence electrons. The van der Waals surface area contributed by atoms with Gasteiger partial charge in [-0.15, -0.1) is 0 Å². The third kappa shape index (κ3) is 1.94. The highest BCUT2D eigenvalue weighted by atomic mass is 16.2. The lowest BCUT2D eigenvalue weighted by atomic mass is 9.98. The highest BCUT2D eigenvalue weighted by Crippen LogP contribution is 2.13. The van der Waals surface area contributed by atoms with Gasteiger partial charge in [0.05, 0.1) is 5.54 Å². The van der Waals surface area contributed by atoms with Gasteiger partial charge >= 0.3 is 0 Å². The van der Waals surface area contributed by atoms with Crippen LogP contribution in [0.4, 0.5) is 0 Å². The van der Waals surface area contributed by atoms with Gasteiger partial charge in [0.15, 0.2) is 5.78 Å². The summed E-state index contributed by atoms with van der Waals surface area (Å²) in [5, 5.41) is 0. The van der Waals surface area contributed by atoms with Gasteiger partial charge in [-0.1, -0.05) is 6.58 Å². The molecule has 0 saturated heterocycles. The third-order valence-electron chi connectivity index (χ3n) is 2.21. The number of nitrogens with zero attached hydrogens (tertiary/aromatic N) is 1. The molecule has 0 unspecified atom stereocenters. The standard InChI is InChI=1S/C9H15NO2/c1-6-8(12)10(5)9(3,4)7(2)11/h6H,1H2,2-5H3. The summed E-state index contributed by atoms with van der Waals surface area (Å²) < 4.78 is 0. The Bertz CT molecular complexity index is 219. The van der Waals surface area contributed by atoms with E-state index in [1.54, 1.807) is 20.9 Å². The summed E-state index contributed by atoms with van der Waals surface area (Å²) in [7, 11) is 1.59. The quantitative estimate of drug-likeness (QED) is 0.591. The van der Waals surface area contributed by atoms with E-state index >= 15 is 0 Å². The van der Waals surface area contributed by atoms with E-state index in [1.165, 1.54) is 17.9 Å². The maximum atomic E-state index is 11.1. The highest BCUT2D eigenvalue weighted by Gasteiger charge is 2.30. The van der Waals surface area contributed by atoms with E-state index in [4.69, 9.17) is 0 Å². The molecular weight excluding hydrogens is 154 g/mol. The Labute approximate surface area is 73.1 Å². The van der Waals surface area contributed by atoms with Gasteiger partial charge in [-0.25, -0.2) is 0 Å². The molecule has 0 spiro atoms. The van der Waals surface area contributed by atoms with E-state index in [9.17, 15) is 9.59 Å². The van der Waals surface area contributed by atoms with Gasteiger partial charge in [-0.2, -0.15) is 0 Å². The second-order valence-corrected chi connectivity index (χ2v) is 3.22. The van der Waals surface area contributed by atoms with Crippen LogP contribution < -0.4 is 0 Å². The second kappa shape index (κ2) is 3.52. The van der Waals surface area contributed by atoms with Gasteiger partial charge in [0, 0.05) is 7.05 Å². The van der Waals surface area contributed by atoms with Crippen LogP contribution in [0.15, 0.2) is 12.7 Å². The van der Waals surface area contributed by atoms with Crippen LogP contribution in [0.2, 0.25) is 0 Å². The molecule has 0 aromatic heterocycles. The maximum Gasteiger partial charge on any atom is 0.246 e. The number of rotatable bonds is 3. The van der Waals surface area contributed by atoms with Gasteiger partial charge in [-0.05, 0) is 26.8 Å². The van der Waals surface area contributed by atoms with Crippen molar-refractivity contribution in [1.82, 2.24) is 4.90 Å². The minimum atomic E-state index is -0.745. The van der Waals surface area contributed by atoms with E-state index in [-0.39, 0.29) is 11.7 Å². The lowest BCUT2D eigenvalue weighted by Crippen LogP contribution is -2.49. The van der Waals surface area contributed by atoms with E-state index in [1.807, 2.05) is 0 Å². The molecule has 0 aromatic rings. The first-order chi connectivity index (χ1) is 5.34. The molecule has 0 rings (SSSR count). The molecule has 3 nitrogen and oxygen atoms in total. The number of hydrogen-bond donors (Lipinski definition) is 0. The summed E-state index contributed by atoms with van der Waals surface area (Å²) in [4.78, 5) is 23.6. The van der Waals surface area contributed by atoms with Crippen molar-refractivity contribution in [2.24, 2.45) is 0 Å². The van der Waals surface area contributed by atoms with E-state index in [2.05, 4.69) is 6.58 Å². The van der Waals surface area contributed by atoms with Gasteiger partial charge in [-0.3, -0.25) is 9.59 Å². The third-order valence-corrected chi connectivity index (χ3v) is 2.21. The summed E-state index contributed by atoms with van der Waals surface area (Å²) in [6, 6.07) is 0. The van der Waals surface area contributed by atoms with Crippen LogP contribution in [-0.4, -0.2) is 29.2 Å². The summed E-state index contributed by atoms with van der Waals surface area (Å²) in [6.45, 7) is 8.23. The zero-order chi connectivity index (χ0) is 9.94. The Morgan fingerprint density at radius 3 is 2.08 bits per heavy atom. The number of ketones is 1. The summed E-state index contributed by atoms with van der Waals surface area (Å²) in [6.07, 6.45) is 1.20. The van der Waals surface area contributed by atoms with Gasteiger partial charge in [0.25, 0.3) is 0 Å². The number of amides is 1. The number of Topliss-reactive ketones (excluding diaryl/α,β-unsaturated/α-hetero) is 1. The molecule has 0 atom stereocenters. The Balaban J connectivity index is 4.67. The van der Waals surface area contributed by atoms with E-state index in [0.717, 1.165) is 0 Å². The normalized spacial score (nSPS) is 10.7. The predicted molar refractivity (Wildman–Crippen MR) is 47.7 cm³/mol. The average molecular weight is 169 g/mol. The lowest BCUT2D eigenvalue weighted by Gasteiger charge is -2.32. The maximum absolute atomic E-state index is 11.1. The first kappa shape index (κ1) is 10.9. The molecule has 0 fully saturated rings. The van der Waals surface area contributed by atoms with Gasteiger partial charge in [0.1, 0.15) is 0 Å². The second-order valence-electron chi connectivity index (χ2n) is 3.22. The number of hydrogen-bond acceptors (Lipinski definition) is 2. The topological polar surface area (TPSA) is 37.4 Å². The van der Waals surface area contributed by atoms with Crippen LogP contribution >= 0.6 is 0 Å². The van der Waals surface area contributed by atoms with Gasteiger partial charge in [0.2, 0.25) is 5.91 Å². The first-order valence-electron chi connectivity index (χ1n) is 3.75. The first-order valence-corrected chi connectivity index (χ1v) is 3.75. The Hall–Kier alpha value is -1.12. The SMILES string of the molecule is C=CC(=O)N(C)C(C)(C)C(C)=O. The van der Waals surface area contributed by atoms with Crippen molar-refractivity contribution >= 4 is 11.7 Å². The average Bonchev–Trinajstić information content (AvgIpc) is 2.01. The fourth-order valence-corrected chi connectivity index (χ4v) is 0.649. The minimum Gasteiger partial charge on any atom is -0.330 e. The molecule has 0 aromatic carbocycles. The molecule has 0 heterocycles. The Morgan fingerprint density at radius 1 is 1.42 bits per heavy atom. The monoisotopic (exact) mass is 169 g/mol. The van der Waals surface area contributed by atoms with Crippen molar-refractivity contribution < 1.29 is 9.59 Å². The molecule has 1 amide bonds. The molecule has 0 saturated carbocycles. The zero-order valence-corrected chi connectivity index (χ0v) is 8.05. The molecule has 0 aliphatic heterocycles. The van der Waals surface area contributed by atoms with E-state index in [0.29, 0.717) is 0 Å². The minimum absolute atomic E-state index is 0.0415. The zero-order valence-electron chi connectivity index (χ0n) is 8.05. The van der Waals surface area contributed by atoms with E-state index < -0.39 is 5.54 Å². The smallest absolute Gasteiger partial charge is 0.246 e. The molecule has 0 bridgehead atoms. The highest BCUT2D eigenvalue weighted by molar-refractivity contribution is 5.94. The molecular formula is C9H15NO2. The largest absolute Gasteiger partial charge is 0.330 e. The van der Waals surface area contributed by atoms with Crippen LogP contribution in [0.5, 0.6) is 0 Å². The van der Waals surface area contributed by atoms with Crippen LogP contribution in [0.25, 0.3) is 0 Å². The fraction of sp³-hybridized carbons (Fsp3) is 0.556. The fourth-order valence-electron chi connectivity index (χ4n) is 0.649. The number of carbonyl (C=O) groups excluding carboxylic acids is 2. The van der Waals surface area contributed by atoms with Crippen molar-refractivity contribution in [3.8, 4) is 0 Å². The summed E-state index contributed by atoms with van der Waals surface area (Å²) >= 11 is 0. The van der Waals surface area contributed by atoms with Crippen molar-refractivity contribution in [2.75, 3.05) is 7.05 Å². The van der Waals surface area contributed by atoms with Crippen LogP contribution in [0.3, 0.4) is 0 Å². The van der Waals surface area contributed by atoms with Crippen molar-refractivity contribution in [3.05, 3.63) is 12.7 Å². The molecule has 0 radical (unpaired) electrons. The molecule has 3 heteroatoms. The van der Waals surface area contributed by atoms with Crippen LogP contribution in [0, 0.1) is 0 Å². The predicted octanol–water partition coefficient (Wildman–Crippen LogP) is 0.998. The Morgan fingerprint density at radius 2 is 1.83 bits per heavy atom. The van der Waals surface area contributed by atoms with Crippen molar-refractivity contribution in [2.45, 2.75) is 26.3 Å². The Kier molecular flexibility index (Phi) is 3.19. The van der Waals surface area contributed by atoms with Crippen LogP contribution in [-0.2, 0) is 9.59 Å². The summed E-state index contributed by atoms with van der Waals surface area (Å²) in [5.41, 5.74) is -0.745. The number of carbonyl (C=O) groups is 2. The molecule has 12 heavy (non-hydrogen) atoms. The molecule has 0 aliphatic carbocycles. The van der Waals surface area contributed by atoms with Crippen molar-refractivity contribution in [3.63, 3.8) is 0 Å². The van der Waals surface area contributed by atoms with Gasteiger partial charge < -0.3 is 4.90 Å². The lowest BCUT2D eigenvalue weighted by molar-refractivity contribution is -0.138. The summed E-state index contributed by atoms with van der Waals surface area (Å²) in [5.74, 6) is -0.282. The van der Waals surface area contributed by atoms with Crippen molar-refractivity contribution in [1.29, 1.82) is 0 Å². The number of likely N-dealkylation sites (N-methyl/N-ethyl adjacent to an activating group) is 1. The van der Waals surface area contributed by atoms with Crippen LogP contribution in [0.1, 0.15) is 20.8 Å². The molecule has 0 aliphatic rings. The molecule has 0 N–H and O–H groups in total.